The molecule has 1 saturated heterocycles. The maximum Gasteiger partial charge on any atom is 0.161 e. The first kappa shape index (κ1) is 12.1. The molecule has 1 aromatic rings. The molecule has 21 heavy (non-hydrogen) atoms. The lowest BCUT2D eigenvalue weighted by Crippen LogP contribution is -2.44. The van der Waals surface area contributed by atoms with Crippen molar-refractivity contribution in [3.63, 3.8) is 0 Å². The van der Waals surface area contributed by atoms with Gasteiger partial charge in [-0.05, 0) is 44.1 Å². The van der Waals surface area contributed by atoms with E-state index in [1.54, 1.807) is 20.3 Å². The Morgan fingerprint density at radius 1 is 1.33 bits per heavy atom. The summed E-state index contributed by atoms with van der Waals surface area (Å²) in [6, 6.07) is 5.31. The van der Waals surface area contributed by atoms with Crippen LogP contribution < -0.4 is 9.47 Å². The van der Waals surface area contributed by atoms with E-state index < -0.39 is 23.9 Å². The summed E-state index contributed by atoms with van der Waals surface area (Å²) in [6.45, 7) is 0.773. The molecular weight excluding hydrogens is 266 g/mol. The van der Waals surface area contributed by atoms with Crippen LogP contribution >= 0.6 is 0 Å². The fourth-order valence-electron chi connectivity index (χ4n) is 3.48. The summed E-state index contributed by atoms with van der Waals surface area (Å²) in [4.78, 5) is 2.00. The zero-order valence-corrected chi connectivity index (χ0v) is 12.7. The van der Waals surface area contributed by atoms with Gasteiger partial charge in [-0.1, -0.05) is 18.2 Å². The summed E-state index contributed by atoms with van der Waals surface area (Å²) in [5, 5.41) is 10.1. The topological polar surface area (TPSA) is 41.9 Å². The van der Waals surface area contributed by atoms with Crippen molar-refractivity contribution in [2.45, 2.75) is 30.4 Å². The van der Waals surface area contributed by atoms with E-state index in [0.29, 0.717) is 11.5 Å². The van der Waals surface area contributed by atoms with Gasteiger partial charge in [0.1, 0.15) is 0 Å². The van der Waals surface area contributed by atoms with Gasteiger partial charge in [0.25, 0.3) is 0 Å². The first-order chi connectivity index (χ1) is 10.9. The number of aliphatic hydroxyl groups excluding tert-OH is 1. The van der Waals surface area contributed by atoms with E-state index in [9.17, 15) is 5.11 Å². The molecule has 0 radical (unpaired) electrons. The van der Waals surface area contributed by atoms with Crippen molar-refractivity contribution in [3.8, 4) is 11.5 Å². The number of hydrogen-bond acceptors (Lipinski definition) is 4. The fourth-order valence-corrected chi connectivity index (χ4v) is 3.48. The van der Waals surface area contributed by atoms with Gasteiger partial charge in [0.15, 0.2) is 11.5 Å². The van der Waals surface area contributed by atoms with E-state index in [4.69, 9.17) is 12.2 Å². The molecular formula is C17H23NO3. The Morgan fingerprint density at radius 3 is 2.81 bits per heavy atom. The van der Waals surface area contributed by atoms with Crippen LogP contribution in [0.15, 0.2) is 30.4 Å². The van der Waals surface area contributed by atoms with E-state index in [1.165, 1.54) is 0 Å². The van der Waals surface area contributed by atoms with Crippen molar-refractivity contribution in [1.29, 1.82) is 0 Å². The maximum absolute atomic E-state index is 10.1. The Kier molecular flexibility index (Phi) is 3.08. The van der Waals surface area contributed by atoms with Gasteiger partial charge in [0, 0.05) is 14.2 Å². The minimum atomic E-state index is -1.72. The largest absolute Gasteiger partial charge is 0.493 e. The SMILES string of the molecule is [2H]C1([2H])[C@@H](O)C=C[C@@]2(c3ccc(OC)c(OC)c3)CCN(C)[C@@H]12. The van der Waals surface area contributed by atoms with E-state index in [0.717, 1.165) is 18.5 Å². The average molecular weight is 291 g/mol. The molecule has 4 nitrogen and oxygen atoms in total. The summed E-state index contributed by atoms with van der Waals surface area (Å²) in [6.07, 6.45) is 1.54. The minimum absolute atomic E-state index is 0.423. The number of nitrogens with zero attached hydrogens (tertiary/aromatic N) is 1. The summed E-state index contributed by atoms with van der Waals surface area (Å²) in [5.41, 5.74) is 0.508. The molecule has 1 aromatic carbocycles. The van der Waals surface area contributed by atoms with Gasteiger partial charge >= 0.3 is 0 Å². The molecule has 3 rings (SSSR count). The number of likely N-dealkylation sites (tertiary alicyclic amines) is 1. The number of methoxy groups -OCH3 is 2. The third-order valence-corrected chi connectivity index (χ3v) is 4.63. The fraction of sp³-hybridized carbons (Fsp3) is 0.529. The standard InChI is InChI=1S/C17H23NO3/c1-18-9-8-17(7-6-13(19)11-16(17)18)12-4-5-14(20-2)15(10-12)21-3/h4-7,10,13,16,19H,8-9,11H2,1-3H3/t13-,16-,17-/m0/s1/i11D2. The number of fused-ring (bicyclic) bond motifs is 1. The molecule has 1 N–H and O–H groups in total. The Labute approximate surface area is 128 Å². The van der Waals surface area contributed by atoms with Gasteiger partial charge in [0.05, 0.1) is 20.3 Å². The van der Waals surface area contributed by atoms with Crippen molar-refractivity contribution < 1.29 is 17.3 Å². The van der Waals surface area contributed by atoms with Gasteiger partial charge < -0.3 is 19.5 Å². The summed E-state index contributed by atoms with van der Waals surface area (Å²) in [5.74, 6) is 1.28. The second-order valence-electron chi connectivity index (χ2n) is 5.71. The molecule has 4 heteroatoms. The van der Waals surface area contributed by atoms with Crippen LogP contribution in [-0.2, 0) is 5.41 Å². The van der Waals surface area contributed by atoms with Crippen molar-refractivity contribution in [3.05, 3.63) is 35.9 Å². The summed E-state index contributed by atoms with van der Waals surface area (Å²) < 4.78 is 27.5. The van der Waals surface area contributed by atoms with Gasteiger partial charge in [-0.15, -0.1) is 0 Å². The molecule has 0 bridgehead atoms. The highest BCUT2D eigenvalue weighted by Gasteiger charge is 2.48. The maximum atomic E-state index is 10.1. The minimum Gasteiger partial charge on any atom is -0.493 e. The monoisotopic (exact) mass is 291 g/mol. The normalized spacial score (nSPS) is 35.8. The van der Waals surface area contributed by atoms with Crippen LogP contribution in [0.1, 0.15) is 21.1 Å². The lowest BCUT2D eigenvalue weighted by Gasteiger charge is -2.39. The molecule has 1 fully saturated rings. The Bertz CT molecular complexity index is 634. The number of aliphatic hydroxyl groups is 1. The van der Waals surface area contributed by atoms with Crippen molar-refractivity contribution in [1.82, 2.24) is 4.90 Å². The molecule has 2 aliphatic rings. The summed E-state index contributed by atoms with van der Waals surface area (Å²) in [7, 11) is 5.10. The molecule has 0 unspecified atom stereocenters. The summed E-state index contributed by atoms with van der Waals surface area (Å²) >= 11 is 0. The molecule has 1 aliphatic carbocycles. The van der Waals surface area contributed by atoms with Gasteiger partial charge in [-0.2, -0.15) is 0 Å². The number of hydrogen-bond donors (Lipinski definition) is 1. The van der Waals surface area contributed by atoms with E-state index in [-0.39, 0.29) is 0 Å². The van der Waals surface area contributed by atoms with Crippen LogP contribution in [0.4, 0.5) is 0 Å². The van der Waals surface area contributed by atoms with Crippen LogP contribution in [0.2, 0.25) is 0 Å². The van der Waals surface area contributed by atoms with E-state index in [2.05, 4.69) is 0 Å². The first-order valence-corrected chi connectivity index (χ1v) is 7.17. The highest BCUT2D eigenvalue weighted by molar-refractivity contribution is 5.48. The molecule has 0 aromatic heterocycles. The molecule has 114 valence electrons. The zero-order chi connectivity index (χ0) is 16.8. The van der Waals surface area contributed by atoms with Gasteiger partial charge in [-0.3, -0.25) is 0 Å². The predicted molar refractivity (Wildman–Crippen MR) is 82.0 cm³/mol. The lowest BCUT2D eigenvalue weighted by molar-refractivity contribution is 0.137. The molecule has 0 spiro atoms. The second kappa shape index (κ2) is 5.35. The van der Waals surface area contributed by atoms with Crippen LogP contribution in [0, 0.1) is 0 Å². The first-order valence-electron chi connectivity index (χ1n) is 8.17. The quantitative estimate of drug-likeness (QED) is 0.865. The Morgan fingerprint density at radius 2 is 2.10 bits per heavy atom. The van der Waals surface area contributed by atoms with Crippen LogP contribution in [-0.4, -0.2) is 50.0 Å². The van der Waals surface area contributed by atoms with Gasteiger partial charge in [-0.25, -0.2) is 0 Å². The van der Waals surface area contributed by atoms with Gasteiger partial charge in [0.2, 0.25) is 0 Å². The van der Waals surface area contributed by atoms with Crippen LogP contribution in [0.5, 0.6) is 11.5 Å². The molecule has 1 heterocycles. The molecule has 3 atom stereocenters. The van der Waals surface area contributed by atoms with Crippen molar-refractivity contribution in [2.24, 2.45) is 0 Å². The molecule has 0 saturated carbocycles. The number of likely N-dealkylation sites (N-methyl/N-ethyl adjacent to an activating group) is 1. The van der Waals surface area contributed by atoms with Crippen molar-refractivity contribution in [2.75, 3.05) is 27.8 Å². The van der Waals surface area contributed by atoms with Crippen molar-refractivity contribution >= 4 is 0 Å². The highest BCUT2D eigenvalue weighted by atomic mass is 16.5. The number of rotatable bonds is 3. The number of benzene rings is 1. The molecule has 0 amide bonds. The van der Waals surface area contributed by atoms with E-state index in [1.807, 2.05) is 36.2 Å². The highest BCUT2D eigenvalue weighted by Crippen LogP contribution is 2.46. The lowest BCUT2D eigenvalue weighted by atomic mass is 9.69. The zero-order valence-electron chi connectivity index (χ0n) is 14.7. The molecule has 1 aliphatic heterocycles. The Balaban J connectivity index is 2.15. The van der Waals surface area contributed by atoms with E-state index >= 15 is 0 Å². The van der Waals surface area contributed by atoms with Crippen LogP contribution in [0.25, 0.3) is 0 Å². The average Bonchev–Trinajstić information content (AvgIpc) is 2.90. The second-order valence-corrected chi connectivity index (χ2v) is 5.71. The number of ether oxygens (including phenoxy) is 2. The van der Waals surface area contributed by atoms with Crippen LogP contribution in [0.3, 0.4) is 0 Å². The predicted octanol–water partition coefficient (Wildman–Crippen LogP) is 1.97. The smallest absolute Gasteiger partial charge is 0.161 e. The third-order valence-electron chi connectivity index (χ3n) is 4.63. The Hall–Kier alpha value is -1.52. The third kappa shape index (κ3) is 2.23.